The highest BCUT2D eigenvalue weighted by atomic mass is 19.1. The van der Waals surface area contributed by atoms with Crippen molar-refractivity contribution < 1.29 is 19.0 Å². The van der Waals surface area contributed by atoms with Crippen molar-refractivity contribution in [3.63, 3.8) is 0 Å². The summed E-state index contributed by atoms with van der Waals surface area (Å²) in [5, 5.41) is 9.12. The highest BCUT2D eigenvalue weighted by molar-refractivity contribution is 5.85. The van der Waals surface area contributed by atoms with E-state index in [1.165, 1.54) is 13.2 Å². The molecule has 0 heterocycles. The van der Waals surface area contributed by atoms with Crippen LogP contribution in [0.4, 0.5) is 4.39 Å². The fourth-order valence-corrected chi connectivity index (χ4v) is 1.89. The Morgan fingerprint density at radius 2 is 2.12 bits per heavy atom. The monoisotopic (exact) mass is 224 g/mol. The fraction of sp³-hybridized carbons (Fsp3) is 0.417. The lowest BCUT2D eigenvalue weighted by atomic mass is 9.94. The van der Waals surface area contributed by atoms with Crippen LogP contribution in [-0.4, -0.2) is 18.2 Å². The van der Waals surface area contributed by atoms with Gasteiger partial charge in [0.2, 0.25) is 0 Å². The molecule has 0 radical (unpaired) electrons. The van der Waals surface area contributed by atoms with E-state index >= 15 is 0 Å². The van der Waals surface area contributed by atoms with Crippen molar-refractivity contribution in [2.45, 2.75) is 25.2 Å². The minimum atomic E-state index is -0.891. The second kappa shape index (κ2) is 3.47. The van der Waals surface area contributed by atoms with E-state index in [4.69, 9.17) is 9.84 Å². The number of carboxylic acids is 1. The Bertz CT molecular complexity index is 450. The number of carboxylic acid groups (broad SMARTS) is 1. The molecule has 0 aliphatic heterocycles. The third-order valence-corrected chi connectivity index (χ3v) is 3.23. The molecule has 86 valence electrons. The molecule has 0 spiro atoms. The zero-order chi connectivity index (χ0) is 11.9. The van der Waals surface area contributed by atoms with Crippen LogP contribution in [0.3, 0.4) is 0 Å². The SMILES string of the molecule is COc1cc(C2(C(=O)O)CC2)cc(F)c1C. The molecule has 1 N–H and O–H groups in total. The van der Waals surface area contributed by atoms with Crippen LogP contribution < -0.4 is 4.74 Å². The standard InChI is InChI=1S/C12H13FO3/c1-7-9(13)5-8(6-10(7)16-2)12(3-4-12)11(14)15/h5-6H,3-4H2,1-2H3,(H,14,15). The van der Waals surface area contributed by atoms with Gasteiger partial charge in [-0.1, -0.05) is 0 Å². The molecule has 1 aromatic rings. The Balaban J connectivity index is 2.51. The minimum absolute atomic E-state index is 0.405. The van der Waals surface area contributed by atoms with E-state index in [-0.39, 0.29) is 0 Å². The lowest BCUT2D eigenvalue weighted by Gasteiger charge is -2.13. The molecule has 0 saturated heterocycles. The summed E-state index contributed by atoms with van der Waals surface area (Å²) in [6, 6.07) is 2.93. The number of carbonyl (C=O) groups is 1. The fourth-order valence-electron chi connectivity index (χ4n) is 1.89. The molecule has 0 aromatic heterocycles. The lowest BCUT2D eigenvalue weighted by Crippen LogP contribution is -2.19. The molecule has 1 aliphatic carbocycles. The summed E-state index contributed by atoms with van der Waals surface area (Å²) in [6.07, 6.45) is 1.13. The van der Waals surface area contributed by atoms with Crippen LogP contribution in [-0.2, 0) is 10.2 Å². The van der Waals surface area contributed by atoms with Crippen LogP contribution >= 0.6 is 0 Å². The van der Waals surface area contributed by atoms with Crippen molar-refractivity contribution >= 4 is 5.97 Å². The molecule has 1 aliphatic rings. The number of hydrogen-bond acceptors (Lipinski definition) is 2. The van der Waals surface area contributed by atoms with E-state index in [0.717, 1.165) is 0 Å². The first-order valence-corrected chi connectivity index (χ1v) is 5.09. The Hall–Kier alpha value is -1.58. The van der Waals surface area contributed by atoms with Gasteiger partial charge in [-0.3, -0.25) is 4.79 Å². The molecular weight excluding hydrogens is 211 g/mol. The molecule has 0 amide bonds. The average molecular weight is 224 g/mol. The van der Waals surface area contributed by atoms with Gasteiger partial charge in [0, 0.05) is 5.56 Å². The molecule has 3 nitrogen and oxygen atoms in total. The summed E-state index contributed by atoms with van der Waals surface area (Å²) in [4.78, 5) is 11.1. The maximum Gasteiger partial charge on any atom is 0.314 e. The predicted molar refractivity (Wildman–Crippen MR) is 56.2 cm³/mol. The molecule has 1 saturated carbocycles. The van der Waals surface area contributed by atoms with Crippen molar-refractivity contribution in [2.24, 2.45) is 0 Å². The summed E-state index contributed by atoms with van der Waals surface area (Å²) in [6.45, 7) is 1.61. The van der Waals surface area contributed by atoms with E-state index in [2.05, 4.69) is 0 Å². The lowest BCUT2D eigenvalue weighted by molar-refractivity contribution is -0.140. The van der Waals surface area contributed by atoms with E-state index in [9.17, 15) is 9.18 Å². The number of ether oxygens (including phenoxy) is 1. The molecule has 0 atom stereocenters. The summed E-state index contributed by atoms with van der Waals surface area (Å²) < 4.78 is 18.6. The second-order valence-electron chi connectivity index (χ2n) is 4.17. The summed E-state index contributed by atoms with van der Waals surface area (Å²) in [7, 11) is 1.45. The van der Waals surface area contributed by atoms with Gasteiger partial charge in [0.25, 0.3) is 0 Å². The first-order valence-electron chi connectivity index (χ1n) is 5.09. The zero-order valence-electron chi connectivity index (χ0n) is 9.21. The van der Waals surface area contributed by atoms with Crippen LogP contribution in [0.2, 0.25) is 0 Å². The predicted octanol–water partition coefficient (Wildman–Crippen LogP) is 2.26. The van der Waals surface area contributed by atoms with Gasteiger partial charge in [-0.15, -0.1) is 0 Å². The van der Waals surface area contributed by atoms with Crippen LogP contribution in [0.15, 0.2) is 12.1 Å². The van der Waals surface area contributed by atoms with Gasteiger partial charge in [0.05, 0.1) is 12.5 Å². The van der Waals surface area contributed by atoms with Gasteiger partial charge >= 0.3 is 5.97 Å². The molecule has 4 heteroatoms. The number of rotatable bonds is 3. The van der Waals surface area contributed by atoms with Gasteiger partial charge in [0.15, 0.2) is 0 Å². The van der Waals surface area contributed by atoms with Gasteiger partial charge in [-0.2, -0.15) is 0 Å². The van der Waals surface area contributed by atoms with Gasteiger partial charge in [0.1, 0.15) is 11.6 Å². The topological polar surface area (TPSA) is 46.5 Å². The van der Waals surface area contributed by atoms with Gasteiger partial charge in [-0.05, 0) is 37.5 Å². The van der Waals surface area contributed by atoms with E-state index in [0.29, 0.717) is 29.7 Å². The first-order chi connectivity index (χ1) is 7.51. The van der Waals surface area contributed by atoms with Gasteiger partial charge in [-0.25, -0.2) is 4.39 Å². The van der Waals surface area contributed by atoms with Crippen LogP contribution in [0.5, 0.6) is 5.75 Å². The van der Waals surface area contributed by atoms with E-state index in [1.807, 2.05) is 0 Å². The molecule has 1 fully saturated rings. The number of halogens is 1. The van der Waals surface area contributed by atoms with Crippen LogP contribution in [0.1, 0.15) is 24.0 Å². The number of benzene rings is 1. The molecule has 0 bridgehead atoms. The zero-order valence-corrected chi connectivity index (χ0v) is 9.21. The minimum Gasteiger partial charge on any atom is -0.496 e. The molecule has 0 unspecified atom stereocenters. The maximum absolute atomic E-state index is 13.6. The molecular formula is C12H13FO3. The van der Waals surface area contributed by atoms with Crippen molar-refractivity contribution in [3.05, 3.63) is 29.1 Å². The van der Waals surface area contributed by atoms with Crippen molar-refractivity contribution in [2.75, 3.05) is 7.11 Å². The quantitative estimate of drug-likeness (QED) is 0.856. The van der Waals surface area contributed by atoms with E-state index < -0.39 is 17.2 Å². The maximum atomic E-state index is 13.6. The molecule has 16 heavy (non-hydrogen) atoms. The molecule has 2 rings (SSSR count). The Kier molecular flexibility index (Phi) is 2.37. The van der Waals surface area contributed by atoms with Crippen molar-refractivity contribution in [3.8, 4) is 5.75 Å². The average Bonchev–Trinajstić information content (AvgIpc) is 3.02. The van der Waals surface area contributed by atoms with E-state index in [1.54, 1.807) is 13.0 Å². The molecule has 1 aromatic carbocycles. The largest absolute Gasteiger partial charge is 0.496 e. The normalized spacial score (nSPS) is 16.9. The Labute approximate surface area is 92.9 Å². The summed E-state index contributed by atoms with van der Waals surface area (Å²) in [5.41, 5.74) is 0.0225. The Morgan fingerprint density at radius 3 is 2.56 bits per heavy atom. The number of hydrogen-bond donors (Lipinski definition) is 1. The third kappa shape index (κ3) is 1.45. The summed E-state index contributed by atoms with van der Waals surface area (Å²) >= 11 is 0. The smallest absolute Gasteiger partial charge is 0.314 e. The highest BCUT2D eigenvalue weighted by Gasteiger charge is 2.52. The number of methoxy groups -OCH3 is 1. The Morgan fingerprint density at radius 1 is 1.50 bits per heavy atom. The first kappa shape index (κ1) is 10.9. The summed E-state index contributed by atoms with van der Waals surface area (Å²) in [5.74, 6) is -0.901. The highest BCUT2D eigenvalue weighted by Crippen LogP contribution is 2.49. The second-order valence-corrected chi connectivity index (χ2v) is 4.17. The van der Waals surface area contributed by atoms with Crippen molar-refractivity contribution in [1.82, 2.24) is 0 Å². The van der Waals surface area contributed by atoms with Crippen molar-refractivity contribution in [1.29, 1.82) is 0 Å². The van der Waals surface area contributed by atoms with Crippen LogP contribution in [0, 0.1) is 12.7 Å². The van der Waals surface area contributed by atoms with Crippen LogP contribution in [0.25, 0.3) is 0 Å². The number of aliphatic carboxylic acids is 1. The van der Waals surface area contributed by atoms with Gasteiger partial charge < -0.3 is 9.84 Å². The third-order valence-electron chi connectivity index (χ3n) is 3.23.